The number of amides is 1. The Kier molecular flexibility index (Phi) is 4.84. The summed E-state index contributed by atoms with van der Waals surface area (Å²) in [5.41, 5.74) is 3.93. The summed E-state index contributed by atoms with van der Waals surface area (Å²) in [5, 5.41) is 4.07. The molecular formula is C24H26FN3O. The number of hydrogen-bond acceptors (Lipinski definition) is 2. The molecule has 1 atom stereocenters. The van der Waals surface area contributed by atoms with Gasteiger partial charge in [-0.25, -0.2) is 4.39 Å². The van der Waals surface area contributed by atoms with Crippen LogP contribution >= 0.6 is 0 Å². The monoisotopic (exact) mass is 391 g/mol. The third-order valence-electron chi connectivity index (χ3n) is 6.18. The van der Waals surface area contributed by atoms with Crippen molar-refractivity contribution in [3.8, 4) is 11.3 Å². The minimum Gasteiger partial charge on any atom is -0.354 e. The van der Waals surface area contributed by atoms with Gasteiger partial charge in [0.25, 0.3) is 0 Å². The lowest BCUT2D eigenvalue weighted by Crippen LogP contribution is -2.37. The molecule has 1 saturated carbocycles. The van der Waals surface area contributed by atoms with Crippen LogP contribution in [-0.2, 0) is 11.2 Å². The van der Waals surface area contributed by atoms with Gasteiger partial charge in [-0.15, -0.1) is 0 Å². The van der Waals surface area contributed by atoms with Gasteiger partial charge in [-0.05, 0) is 55.0 Å². The first-order chi connectivity index (χ1) is 14.2. The average Bonchev–Trinajstić information content (AvgIpc) is 3.38. The standard InChI is InChI=1S/C24H26FN3O/c25-17-6-10-22-21(14-17)20(24(27-22)16-4-2-1-3-5-16)9-11-23(29)26-18-12-13-28(15-18)19-7-8-19/h1-6,10,14,18-19,27H,7-9,11-13,15H2,(H,26,29). The lowest BCUT2D eigenvalue weighted by Gasteiger charge is -2.16. The molecule has 0 radical (unpaired) electrons. The summed E-state index contributed by atoms with van der Waals surface area (Å²) in [6, 6.07) is 15.9. The molecule has 3 aromatic rings. The van der Waals surface area contributed by atoms with Gasteiger partial charge >= 0.3 is 0 Å². The largest absolute Gasteiger partial charge is 0.354 e. The molecule has 1 aliphatic heterocycles. The van der Waals surface area contributed by atoms with E-state index in [-0.39, 0.29) is 17.8 Å². The van der Waals surface area contributed by atoms with E-state index in [9.17, 15) is 9.18 Å². The normalized spacial score (nSPS) is 19.7. The molecule has 2 aromatic carbocycles. The van der Waals surface area contributed by atoms with Gasteiger partial charge in [0.15, 0.2) is 0 Å². The molecule has 2 aliphatic rings. The maximum atomic E-state index is 13.9. The minimum absolute atomic E-state index is 0.0809. The second kappa shape index (κ2) is 7.64. The van der Waals surface area contributed by atoms with Crippen LogP contribution in [-0.4, -0.2) is 41.0 Å². The lowest BCUT2D eigenvalue weighted by atomic mass is 10.0. The van der Waals surface area contributed by atoms with Crippen molar-refractivity contribution in [1.29, 1.82) is 0 Å². The number of likely N-dealkylation sites (tertiary alicyclic amines) is 1. The number of nitrogens with one attached hydrogen (secondary N) is 2. The third kappa shape index (κ3) is 3.92. The van der Waals surface area contributed by atoms with Gasteiger partial charge in [0, 0.05) is 48.2 Å². The van der Waals surface area contributed by atoms with Gasteiger partial charge < -0.3 is 10.3 Å². The quantitative estimate of drug-likeness (QED) is 0.660. The highest BCUT2D eigenvalue weighted by atomic mass is 19.1. The summed E-state index contributed by atoms with van der Waals surface area (Å²) in [4.78, 5) is 18.5. The van der Waals surface area contributed by atoms with Gasteiger partial charge in [0.2, 0.25) is 5.91 Å². The molecule has 4 nitrogen and oxygen atoms in total. The van der Waals surface area contributed by atoms with Crippen molar-refractivity contribution in [1.82, 2.24) is 15.2 Å². The van der Waals surface area contributed by atoms with Crippen molar-refractivity contribution in [3.05, 3.63) is 59.9 Å². The number of rotatable bonds is 6. The molecule has 0 bridgehead atoms. The van der Waals surface area contributed by atoms with Crippen LogP contribution in [0, 0.1) is 5.82 Å². The summed E-state index contributed by atoms with van der Waals surface area (Å²) >= 11 is 0. The van der Waals surface area contributed by atoms with Crippen LogP contribution in [0.2, 0.25) is 0 Å². The highest BCUT2D eigenvalue weighted by molar-refractivity contribution is 5.91. The molecule has 1 aromatic heterocycles. The fourth-order valence-corrected chi connectivity index (χ4v) is 4.55. The van der Waals surface area contributed by atoms with Crippen LogP contribution in [0.3, 0.4) is 0 Å². The average molecular weight is 391 g/mol. The Bertz CT molecular complexity index is 1030. The molecule has 1 aliphatic carbocycles. The van der Waals surface area contributed by atoms with Crippen LogP contribution in [0.25, 0.3) is 22.2 Å². The molecule has 1 amide bonds. The summed E-state index contributed by atoms with van der Waals surface area (Å²) in [5.74, 6) is -0.176. The molecule has 5 rings (SSSR count). The SMILES string of the molecule is O=C(CCc1c(-c2ccccc2)[nH]c2ccc(F)cc12)NC1CCN(C2CC2)C1. The Balaban J connectivity index is 1.32. The number of carbonyl (C=O) groups is 1. The Morgan fingerprint density at radius 3 is 2.76 bits per heavy atom. The fraction of sp³-hybridized carbons (Fsp3) is 0.375. The van der Waals surface area contributed by atoms with E-state index in [1.807, 2.05) is 30.3 Å². The second-order valence-corrected chi connectivity index (χ2v) is 8.31. The molecule has 2 fully saturated rings. The number of H-pyrrole nitrogens is 1. The summed E-state index contributed by atoms with van der Waals surface area (Å²) < 4.78 is 13.9. The number of benzene rings is 2. The summed E-state index contributed by atoms with van der Waals surface area (Å²) in [6.45, 7) is 2.07. The number of fused-ring (bicyclic) bond motifs is 1. The smallest absolute Gasteiger partial charge is 0.220 e. The molecule has 2 N–H and O–H groups in total. The maximum absolute atomic E-state index is 13.9. The van der Waals surface area contributed by atoms with E-state index in [1.165, 1.54) is 18.9 Å². The Morgan fingerprint density at radius 1 is 1.14 bits per heavy atom. The first-order valence-corrected chi connectivity index (χ1v) is 10.6. The lowest BCUT2D eigenvalue weighted by molar-refractivity contribution is -0.121. The van der Waals surface area contributed by atoms with Crippen molar-refractivity contribution in [3.63, 3.8) is 0 Å². The first kappa shape index (κ1) is 18.4. The summed E-state index contributed by atoms with van der Waals surface area (Å²) in [7, 11) is 0. The van der Waals surface area contributed by atoms with E-state index in [4.69, 9.17) is 0 Å². The van der Waals surface area contributed by atoms with E-state index < -0.39 is 0 Å². The number of aromatic amines is 1. The third-order valence-corrected chi connectivity index (χ3v) is 6.18. The topological polar surface area (TPSA) is 48.1 Å². The van der Waals surface area contributed by atoms with E-state index >= 15 is 0 Å². The molecular weight excluding hydrogens is 365 g/mol. The Labute approximate surface area is 170 Å². The number of aryl methyl sites for hydroxylation is 1. The van der Waals surface area contributed by atoms with Crippen molar-refractivity contribution in [2.45, 2.75) is 44.2 Å². The van der Waals surface area contributed by atoms with Gasteiger partial charge in [0.05, 0.1) is 0 Å². The fourth-order valence-electron chi connectivity index (χ4n) is 4.55. The Morgan fingerprint density at radius 2 is 1.97 bits per heavy atom. The molecule has 5 heteroatoms. The predicted molar refractivity (Wildman–Crippen MR) is 113 cm³/mol. The number of hydrogen-bond donors (Lipinski definition) is 2. The second-order valence-electron chi connectivity index (χ2n) is 8.31. The van der Waals surface area contributed by atoms with E-state index in [0.29, 0.717) is 12.8 Å². The van der Waals surface area contributed by atoms with Gasteiger partial charge in [-0.1, -0.05) is 30.3 Å². The zero-order valence-electron chi connectivity index (χ0n) is 16.5. The zero-order chi connectivity index (χ0) is 19.8. The van der Waals surface area contributed by atoms with Crippen molar-refractivity contribution in [2.24, 2.45) is 0 Å². The van der Waals surface area contributed by atoms with Gasteiger partial charge in [-0.2, -0.15) is 0 Å². The number of nitrogens with zero attached hydrogens (tertiary/aromatic N) is 1. The molecule has 1 unspecified atom stereocenters. The van der Waals surface area contributed by atoms with Gasteiger partial charge in [-0.3, -0.25) is 9.69 Å². The van der Waals surface area contributed by atoms with Crippen LogP contribution in [0.5, 0.6) is 0 Å². The zero-order valence-corrected chi connectivity index (χ0v) is 16.5. The molecule has 2 heterocycles. The Hall–Kier alpha value is -2.66. The van der Waals surface area contributed by atoms with Crippen molar-refractivity contribution in [2.75, 3.05) is 13.1 Å². The molecule has 0 spiro atoms. The van der Waals surface area contributed by atoms with Crippen LogP contribution in [0.4, 0.5) is 4.39 Å². The predicted octanol–water partition coefficient (Wildman–Crippen LogP) is 4.26. The number of halogens is 1. The number of aromatic nitrogens is 1. The first-order valence-electron chi connectivity index (χ1n) is 10.6. The maximum Gasteiger partial charge on any atom is 0.220 e. The highest BCUT2D eigenvalue weighted by Crippen LogP contribution is 2.32. The molecule has 150 valence electrons. The van der Waals surface area contributed by atoms with Crippen LogP contribution < -0.4 is 5.32 Å². The van der Waals surface area contributed by atoms with E-state index in [2.05, 4.69) is 15.2 Å². The molecule has 1 saturated heterocycles. The minimum atomic E-state index is -0.257. The highest BCUT2D eigenvalue weighted by Gasteiger charge is 2.34. The number of carbonyl (C=O) groups excluding carboxylic acids is 1. The molecule has 29 heavy (non-hydrogen) atoms. The van der Waals surface area contributed by atoms with Gasteiger partial charge in [0.1, 0.15) is 5.82 Å². The van der Waals surface area contributed by atoms with Crippen LogP contribution in [0.15, 0.2) is 48.5 Å². The van der Waals surface area contributed by atoms with Crippen molar-refractivity contribution < 1.29 is 9.18 Å². The van der Waals surface area contributed by atoms with E-state index in [0.717, 1.165) is 53.3 Å². The van der Waals surface area contributed by atoms with E-state index in [1.54, 1.807) is 12.1 Å². The van der Waals surface area contributed by atoms with Crippen LogP contribution in [0.1, 0.15) is 31.2 Å². The summed E-state index contributed by atoms with van der Waals surface area (Å²) in [6.07, 6.45) is 4.64. The van der Waals surface area contributed by atoms with Crippen molar-refractivity contribution >= 4 is 16.8 Å².